The van der Waals surface area contributed by atoms with Crippen molar-refractivity contribution in [1.29, 1.82) is 0 Å². The van der Waals surface area contributed by atoms with Crippen LogP contribution in [-0.4, -0.2) is 30.6 Å². The lowest BCUT2D eigenvalue weighted by Crippen LogP contribution is -2.21. The quantitative estimate of drug-likeness (QED) is 0.399. The highest BCUT2D eigenvalue weighted by atomic mass is 35.5. The Morgan fingerprint density at radius 3 is 2.63 bits per heavy atom. The third-order valence-corrected chi connectivity index (χ3v) is 2.53. The second-order valence-electron chi connectivity index (χ2n) is 3.78. The molecule has 0 saturated heterocycles. The van der Waals surface area contributed by atoms with Gasteiger partial charge in [-0.05, 0) is 6.08 Å². The van der Waals surface area contributed by atoms with Crippen molar-refractivity contribution in [3.63, 3.8) is 0 Å². The molecule has 0 saturated carbocycles. The summed E-state index contributed by atoms with van der Waals surface area (Å²) in [7, 11) is 3.02. The molecule has 0 fully saturated rings. The topological polar surface area (TPSA) is 114 Å². The van der Waals surface area contributed by atoms with Gasteiger partial charge in [0.05, 0.1) is 30.8 Å². The summed E-state index contributed by atoms with van der Waals surface area (Å²) in [5, 5.41) is 4.21. The van der Waals surface area contributed by atoms with Crippen LogP contribution in [0.5, 0.6) is 0 Å². The predicted molar refractivity (Wildman–Crippen MR) is 73.9 cm³/mol. The smallest absolute Gasteiger partial charge is 0.189 e. The Morgan fingerprint density at radius 1 is 1.53 bits per heavy atom. The van der Waals surface area contributed by atoms with E-state index in [4.69, 9.17) is 38.3 Å². The second-order valence-corrected chi connectivity index (χ2v) is 4.21. The normalized spacial score (nSPS) is 15.0. The highest BCUT2D eigenvalue weighted by Gasteiger charge is 2.20. The number of nitrogens with two attached hydrogens (primary N) is 3. The van der Waals surface area contributed by atoms with E-state index in [-0.39, 0.29) is 17.1 Å². The van der Waals surface area contributed by atoms with Crippen LogP contribution >= 0.6 is 11.6 Å². The number of rotatable bonds is 6. The molecule has 0 radical (unpaired) electrons. The monoisotopic (exact) mass is 287 g/mol. The van der Waals surface area contributed by atoms with Crippen molar-refractivity contribution in [3.8, 4) is 0 Å². The van der Waals surface area contributed by atoms with Crippen LogP contribution in [0.1, 0.15) is 6.04 Å². The van der Waals surface area contributed by atoms with Crippen molar-refractivity contribution in [1.82, 2.24) is 9.78 Å². The van der Waals surface area contributed by atoms with Crippen LogP contribution < -0.4 is 17.2 Å². The highest BCUT2D eigenvalue weighted by molar-refractivity contribution is 6.29. The zero-order valence-corrected chi connectivity index (χ0v) is 11.6. The lowest BCUT2D eigenvalue weighted by atomic mass is 10.1. The first-order valence-corrected chi connectivity index (χ1v) is 5.82. The number of halogens is 1. The SMILES string of the molecule is COCC(C(/C=C(\N)Cl)=C(/N)OC)n1cc(N)cn1. The zero-order valence-electron chi connectivity index (χ0n) is 10.8. The molecule has 6 N–H and O–H groups in total. The fraction of sp³-hybridized carbons (Fsp3) is 0.364. The molecule has 0 aromatic carbocycles. The van der Waals surface area contributed by atoms with Crippen LogP contribution in [-0.2, 0) is 9.47 Å². The van der Waals surface area contributed by atoms with Crippen LogP contribution in [0.15, 0.2) is 35.1 Å². The maximum atomic E-state index is 5.81. The third kappa shape index (κ3) is 4.08. The number of aromatic nitrogens is 2. The molecule has 0 aliphatic heterocycles. The standard InChI is InChI=1S/C11H18ClN5O2/c1-18-6-9(17-5-7(13)4-16-17)8(3-10(12)14)11(15)19-2/h3-5,9H,6,13-15H2,1-2H3/b10-3-,11-8-. The van der Waals surface area contributed by atoms with Crippen LogP contribution in [0.2, 0.25) is 0 Å². The van der Waals surface area contributed by atoms with Gasteiger partial charge in [0, 0.05) is 18.9 Å². The fourth-order valence-electron chi connectivity index (χ4n) is 1.59. The van der Waals surface area contributed by atoms with Gasteiger partial charge >= 0.3 is 0 Å². The lowest BCUT2D eigenvalue weighted by Gasteiger charge is -2.19. The number of hydrogen-bond donors (Lipinski definition) is 3. The molecule has 1 unspecified atom stereocenters. The first-order valence-electron chi connectivity index (χ1n) is 5.44. The van der Waals surface area contributed by atoms with E-state index in [1.54, 1.807) is 18.0 Å². The molecule has 0 bridgehead atoms. The van der Waals surface area contributed by atoms with E-state index in [9.17, 15) is 0 Å². The number of ether oxygens (including phenoxy) is 2. The molecule has 0 aliphatic rings. The van der Waals surface area contributed by atoms with E-state index < -0.39 is 0 Å². The van der Waals surface area contributed by atoms with E-state index in [1.165, 1.54) is 19.4 Å². The summed E-state index contributed by atoms with van der Waals surface area (Å²) in [5.41, 5.74) is 18.0. The Kier molecular flexibility index (Phi) is 5.53. The van der Waals surface area contributed by atoms with E-state index in [2.05, 4.69) is 5.10 Å². The molecule has 1 heterocycles. The van der Waals surface area contributed by atoms with Crippen molar-refractivity contribution in [3.05, 3.63) is 35.1 Å². The fourth-order valence-corrected chi connectivity index (χ4v) is 1.71. The van der Waals surface area contributed by atoms with E-state index in [0.29, 0.717) is 17.9 Å². The second kappa shape index (κ2) is 6.91. The van der Waals surface area contributed by atoms with Gasteiger partial charge in [0.1, 0.15) is 6.04 Å². The Hall–Kier alpha value is -1.86. The minimum Gasteiger partial charge on any atom is -0.482 e. The van der Waals surface area contributed by atoms with Gasteiger partial charge in [-0.3, -0.25) is 4.68 Å². The maximum Gasteiger partial charge on any atom is 0.189 e. The van der Waals surface area contributed by atoms with Gasteiger partial charge in [0.25, 0.3) is 0 Å². The van der Waals surface area contributed by atoms with Crippen LogP contribution in [0.4, 0.5) is 5.69 Å². The Bertz CT molecular complexity index is 479. The van der Waals surface area contributed by atoms with Gasteiger partial charge in [-0.25, -0.2) is 0 Å². The Morgan fingerprint density at radius 2 is 2.21 bits per heavy atom. The molecule has 0 amide bonds. The minimum atomic E-state index is -0.348. The summed E-state index contributed by atoms with van der Waals surface area (Å²) in [5.74, 6) is 0.180. The average molecular weight is 288 g/mol. The van der Waals surface area contributed by atoms with Crippen LogP contribution in [0.25, 0.3) is 0 Å². The van der Waals surface area contributed by atoms with Gasteiger partial charge in [-0.1, -0.05) is 11.6 Å². The van der Waals surface area contributed by atoms with Gasteiger partial charge in [-0.15, -0.1) is 0 Å². The number of nitrogen functional groups attached to an aromatic ring is 1. The molecule has 1 aromatic heterocycles. The zero-order chi connectivity index (χ0) is 14.4. The largest absolute Gasteiger partial charge is 0.482 e. The summed E-state index contributed by atoms with van der Waals surface area (Å²) in [6.07, 6.45) is 4.68. The molecule has 1 rings (SSSR count). The summed E-state index contributed by atoms with van der Waals surface area (Å²) >= 11 is 5.71. The molecule has 1 atom stereocenters. The van der Waals surface area contributed by atoms with Crippen molar-refractivity contribution < 1.29 is 9.47 Å². The van der Waals surface area contributed by atoms with Gasteiger partial charge in [0.15, 0.2) is 5.88 Å². The Labute approximate surface area is 116 Å². The molecule has 106 valence electrons. The van der Waals surface area contributed by atoms with E-state index >= 15 is 0 Å². The van der Waals surface area contributed by atoms with E-state index in [0.717, 1.165) is 0 Å². The average Bonchev–Trinajstić information content (AvgIpc) is 2.78. The van der Waals surface area contributed by atoms with Crippen LogP contribution in [0, 0.1) is 0 Å². The number of anilines is 1. The summed E-state index contributed by atoms with van der Waals surface area (Å²) in [4.78, 5) is 0. The molecule has 0 aliphatic carbocycles. The molecule has 8 heteroatoms. The number of nitrogens with zero attached hydrogens (tertiary/aromatic N) is 2. The molecule has 1 aromatic rings. The maximum absolute atomic E-state index is 5.81. The summed E-state index contributed by atoms with van der Waals surface area (Å²) in [6, 6.07) is -0.348. The first-order chi connectivity index (χ1) is 8.99. The number of methoxy groups -OCH3 is 2. The summed E-state index contributed by atoms with van der Waals surface area (Å²) < 4.78 is 11.8. The number of allylic oxidation sites excluding steroid dienone is 1. The van der Waals surface area contributed by atoms with Crippen molar-refractivity contribution >= 4 is 17.3 Å². The Balaban J connectivity index is 3.24. The predicted octanol–water partition coefficient (Wildman–Crippen LogP) is 0.508. The van der Waals surface area contributed by atoms with Gasteiger partial charge in [0.2, 0.25) is 0 Å². The van der Waals surface area contributed by atoms with Crippen molar-refractivity contribution in [2.24, 2.45) is 11.5 Å². The highest BCUT2D eigenvalue weighted by Crippen LogP contribution is 2.23. The molecular formula is C11H18ClN5O2. The number of hydrogen-bond acceptors (Lipinski definition) is 6. The third-order valence-electron chi connectivity index (χ3n) is 2.42. The lowest BCUT2D eigenvalue weighted by molar-refractivity contribution is 0.160. The van der Waals surface area contributed by atoms with Crippen LogP contribution in [0.3, 0.4) is 0 Å². The van der Waals surface area contributed by atoms with Gasteiger partial charge in [-0.2, -0.15) is 5.10 Å². The molecule has 7 nitrogen and oxygen atoms in total. The molecular weight excluding hydrogens is 270 g/mol. The van der Waals surface area contributed by atoms with Crippen molar-refractivity contribution in [2.75, 3.05) is 26.6 Å². The van der Waals surface area contributed by atoms with E-state index in [1.807, 2.05) is 0 Å². The summed E-state index contributed by atoms with van der Waals surface area (Å²) in [6.45, 7) is 0.307. The molecule has 0 spiro atoms. The molecule has 19 heavy (non-hydrogen) atoms. The minimum absolute atomic E-state index is 0.0798. The first kappa shape index (κ1) is 15.2. The van der Waals surface area contributed by atoms with Crippen molar-refractivity contribution in [2.45, 2.75) is 6.04 Å². The van der Waals surface area contributed by atoms with Gasteiger partial charge < -0.3 is 26.7 Å².